The zero-order chi connectivity index (χ0) is 21.3. The van der Waals surface area contributed by atoms with Crippen molar-refractivity contribution in [3.8, 4) is 5.75 Å². The number of carbonyl (C=O) groups is 2. The van der Waals surface area contributed by atoms with Gasteiger partial charge in [-0.1, -0.05) is 11.8 Å². The summed E-state index contributed by atoms with van der Waals surface area (Å²) >= 11 is 1.12. The fourth-order valence-electron chi connectivity index (χ4n) is 4.53. The summed E-state index contributed by atoms with van der Waals surface area (Å²) in [6.45, 7) is 2.44. The predicted octanol–water partition coefficient (Wildman–Crippen LogP) is 2.27. The summed E-state index contributed by atoms with van der Waals surface area (Å²) in [5.41, 5.74) is 6.27. The van der Waals surface area contributed by atoms with Crippen LogP contribution in [0.1, 0.15) is 42.6 Å². The molecule has 5 rings (SSSR count). The molecule has 30 heavy (non-hydrogen) atoms. The third-order valence-corrected chi connectivity index (χ3v) is 7.47. The monoisotopic (exact) mass is 431 g/mol. The maximum atomic E-state index is 15.3. The van der Waals surface area contributed by atoms with Gasteiger partial charge < -0.3 is 19.9 Å². The molecular formula is C21H22FN3O4S. The Morgan fingerprint density at radius 2 is 2.03 bits per heavy atom. The van der Waals surface area contributed by atoms with Crippen LogP contribution in [-0.2, 0) is 4.79 Å². The lowest BCUT2D eigenvalue weighted by Gasteiger charge is -2.25. The number of Topliss-reactive ketones (excluding diaryl/α,β-unsaturated/α-hetero) is 2. The zero-order valence-corrected chi connectivity index (χ0v) is 17.6. The number of nitrogens with two attached hydrogens (primary N) is 1. The molecule has 2 N–H and O–H groups in total. The maximum absolute atomic E-state index is 15.3. The van der Waals surface area contributed by atoms with Crippen molar-refractivity contribution in [1.82, 2.24) is 4.57 Å². The van der Waals surface area contributed by atoms with Crippen molar-refractivity contribution in [1.29, 1.82) is 0 Å². The predicted molar refractivity (Wildman–Crippen MR) is 112 cm³/mol. The third kappa shape index (κ3) is 2.71. The number of anilines is 1. The number of ketones is 2. The van der Waals surface area contributed by atoms with Crippen molar-refractivity contribution in [2.45, 2.75) is 48.5 Å². The van der Waals surface area contributed by atoms with Gasteiger partial charge in [-0.15, -0.1) is 0 Å². The van der Waals surface area contributed by atoms with E-state index in [9.17, 15) is 14.4 Å². The van der Waals surface area contributed by atoms with E-state index in [1.54, 1.807) is 0 Å². The lowest BCUT2D eigenvalue weighted by atomic mass is 10.0. The summed E-state index contributed by atoms with van der Waals surface area (Å²) in [7, 11) is 1.46. The second kappa shape index (κ2) is 6.81. The van der Waals surface area contributed by atoms with Gasteiger partial charge in [0.25, 0.3) is 0 Å². The minimum absolute atomic E-state index is 0.00278. The van der Waals surface area contributed by atoms with Crippen LogP contribution >= 0.6 is 11.8 Å². The van der Waals surface area contributed by atoms with E-state index in [1.165, 1.54) is 20.1 Å². The van der Waals surface area contributed by atoms with Gasteiger partial charge in [0.2, 0.25) is 5.43 Å². The highest BCUT2D eigenvalue weighted by Gasteiger charge is 2.43. The molecule has 2 atom stereocenters. The SMILES string of the molecule is COc1c(N2CC[C@H](N)C2)c(F)cc2c(=O)c3c(n(C4CC4)c12)SC(C(C)=O)C3=O. The van der Waals surface area contributed by atoms with Gasteiger partial charge >= 0.3 is 0 Å². The molecule has 3 aliphatic rings. The van der Waals surface area contributed by atoms with E-state index in [0.29, 0.717) is 29.3 Å². The minimum Gasteiger partial charge on any atom is -0.492 e. The lowest BCUT2D eigenvalue weighted by Crippen LogP contribution is -2.28. The molecular weight excluding hydrogens is 409 g/mol. The van der Waals surface area contributed by atoms with E-state index in [0.717, 1.165) is 31.0 Å². The smallest absolute Gasteiger partial charge is 0.201 e. The van der Waals surface area contributed by atoms with Gasteiger partial charge in [-0.25, -0.2) is 4.39 Å². The molecule has 0 amide bonds. The quantitative estimate of drug-likeness (QED) is 0.742. The van der Waals surface area contributed by atoms with Crippen LogP contribution in [0.4, 0.5) is 10.1 Å². The maximum Gasteiger partial charge on any atom is 0.201 e. The summed E-state index contributed by atoms with van der Waals surface area (Å²) in [5, 5.41) is -0.323. The van der Waals surface area contributed by atoms with Crippen LogP contribution in [0.25, 0.3) is 10.9 Å². The number of benzene rings is 1. The first-order valence-electron chi connectivity index (χ1n) is 10.0. The zero-order valence-electron chi connectivity index (χ0n) is 16.7. The van der Waals surface area contributed by atoms with E-state index in [4.69, 9.17) is 10.5 Å². The van der Waals surface area contributed by atoms with Crippen LogP contribution < -0.4 is 20.8 Å². The number of nitrogens with zero attached hydrogens (tertiary/aromatic N) is 2. The number of fused-ring (bicyclic) bond motifs is 2. The second-order valence-corrected chi connectivity index (χ2v) is 9.31. The first-order valence-corrected chi connectivity index (χ1v) is 10.9. The number of halogens is 1. The molecule has 158 valence electrons. The Hall–Kier alpha value is -2.39. The molecule has 1 unspecified atom stereocenters. The van der Waals surface area contributed by atoms with Gasteiger partial charge in [-0.2, -0.15) is 0 Å². The molecule has 2 aromatic rings. The highest BCUT2D eigenvalue weighted by atomic mass is 32.2. The summed E-state index contributed by atoms with van der Waals surface area (Å²) in [4.78, 5) is 40.0. The van der Waals surface area contributed by atoms with Gasteiger partial charge in [-0.3, -0.25) is 14.4 Å². The summed E-state index contributed by atoms with van der Waals surface area (Å²) in [5.74, 6) is -1.08. The molecule has 1 aromatic heterocycles. The molecule has 0 bridgehead atoms. The van der Waals surface area contributed by atoms with Crippen LogP contribution in [0.2, 0.25) is 0 Å². The van der Waals surface area contributed by atoms with Crippen molar-refractivity contribution < 1.29 is 18.7 Å². The number of aromatic nitrogens is 1. The number of carbonyl (C=O) groups excluding carboxylic acids is 2. The van der Waals surface area contributed by atoms with Gasteiger partial charge in [-0.05, 0) is 32.3 Å². The Kier molecular flexibility index (Phi) is 4.44. The number of rotatable bonds is 4. The standard InChI is InChI=1S/C21H22FN3O4S/c1-9(26)20-18(28)14-17(27)12-7-13(22)16(24-6-5-10(23)8-24)19(29-2)15(12)25(11-3-4-11)21(14)30-20/h7,10-11,20H,3-6,8,23H2,1-2H3/t10-,20?/m0/s1. The molecule has 2 fully saturated rings. The molecule has 0 spiro atoms. The van der Waals surface area contributed by atoms with Crippen LogP contribution in [0, 0.1) is 5.82 Å². The third-order valence-electron chi connectivity index (χ3n) is 6.07. The van der Waals surface area contributed by atoms with Gasteiger partial charge in [0.1, 0.15) is 10.9 Å². The van der Waals surface area contributed by atoms with Crippen molar-refractivity contribution in [3.63, 3.8) is 0 Å². The molecule has 2 aliphatic heterocycles. The van der Waals surface area contributed by atoms with Crippen LogP contribution in [0.3, 0.4) is 0 Å². The van der Waals surface area contributed by atoms with E-state index < -0.39 is 22.3 Å². The fourth-order valence-corrected chi connectivity index (χ4v) is 5.81. The number of pyridine rings is 1. The largest absolute Gasteiger partial charge is 0.492 e. The van der Waals surface area contributed by atoms with E-state index in [-0.39, 0.29) is 34.6 Å². The number of thioether (sulfide) groups is 1. The number of ether oxygens (including phenoxy) is 1. The fraction of sp³-hybridized carbons (Fsp3) is 0.476. The van der Waals surface area contributed by atoms with Crippen molar-refractivity contribution >= 4 is 39.9 Å². The molecule has 1 saturated heterocycles. The highest BCUT2D eigenvalue weighted by Crippen LogP contribution is 2.49. The average Bonchev–Trinajstić information content (AvgIpc) is 3.35. The Bertz CT molecular complexity index is 1170. The molecule has 0 radical (unpaired) electrons. The van der Waals surface area contributed by atoms with Gasteiger partial charge in [0.15, 0.2) is 23.1 Å². The number of hydrogen-bond donors (Lipinski definition) is 1. The van der Waals surface area contributed by atoms with E-state index >= 15 is 4.39 Å². The van der Waals surface area contributed by atoms with E-state index in [1.807, 2.05) is 9.47 Å². The Morgan fingerprint density at radius 1 is 1.30 bits per heavy atom. The molecule has 7 nitrogen and oxygen atoms in total. The van der Waals surface area contributed by atoms with Crippen molar-refractivity contribution in [2.75, 3.05) is 25.1 Å². The topological polar surface area (TPSA) is 94.6 Å². The van der Waals surface area contributed by atoms with Crippen LogP contribution in [-0.4, -0.2) is 47.6 Å². The number of hydrogen-bond acceptors (Lipinski definition) is 7. The molecule has 1 saturated carbocycles. The summed E-state index contributed by atoms with van der Waals surface area (Å²) in [6, 6.07) is 1.23. The van der Waals surface area contributed by atoms with Crippen LogP contribution in [0.15, 0.2) is 15.9 Å². The summed E-state index contributed by atoms with van der Waals surface area (Å²) in [6.07, 6.45) is 2.51. The van der Waals surface area contributed by atoms with Gasteiger partial charge in [0, 0.05) is 25.2 Å². The molecule has 3 heterocycles. The lowest BCUT2D eigenvalue weighted by molar-refractivity contribution is -0.115. The first-order chi connectivity index (χ1) is 14.3. The van der Waals surface area contributed by atoms with Crippen molar-refractivity contribution in [2.24, 2.45) is 5.73 Å². The van der Waals surface area contributed by atoms with E-state index in [2.05, 4.69) is 0 Å². The Balaban J connectivity index is 1.86. The Labute approximate surface area is 176 Å². The second-order valence-electron chi connectivity index (χ2n) is 8.21. The molecule has 1 aromatic carbocycles. The molecule has 1 aliphatic carbocycles. The minimum atomic E-state index is -0.929. The Morgan fingerprint density at radius 3 is 2.60 bits per heavy atom. The average molecular weight is 431 g/mol. The first kappa shape index (κ1) is 19.6. The normalized spacial score (nSPS) is 23.3. The van der Waals surface area contributed by atoms with Gasteiger partial charge in [0.05, 0.1) is 28.6 Å². The number of methoxy groups -OCH3 is 1. The van der Waals surface area contributed by atoms with Crippen molar-refractivity contribution in [3.05, 3.63) is 27.7 Å². The highest BCUT2D eigenvalue weighted by molar-refractivity contribution is 8.02. The van der Waals surface area contributed by atoms with Crippen LogP contribution in [0.5, 0.6) is 5.75 Å². The molecule has 9 heteroatoms. The summed E-state index contributed by atoms with van der Waals surface area (Å²) < 4.78 is 22.9.